The van der Waals surface area contributed by atoms with Gasteiger partial charge in [0, 0.05) is 18.3 Å². The van der Waals surface area contributed by atoms with Gasteiger partial charge in [-0.2, -0.15) is 0 Å². The molecule has 0 radical (unpaired) electrons. The number of carbonyl (C=O) groups is 1. The second-order valence-electron chi connectivity index (χ2n) is 5.14. The Bertz CT molecular complexity index is 483. The highest BCUT2D eigenvalue weighted by Crippen LogP contribution is 2.36. The van der Waals surface area contributed by atoms with Crippen LogP contribution < -0.4 is 9.47 Å². The van der Waals surface area contributed by atoms with Crippen LogP contribution in [0.1, 0.15) is 19.8 Å². The summed E-state index contributed by atoms with van der Waals surface area (Å²) in [6, 6.07) is 7.22. The fraction of sp³-hybridized carbons (Fsp3) is 0.562. The zero-order valence-corrected chi connectivity index (χ0v) is 14.5. The topological polar surface area (TPSA) is 38.8 Å². The summed E-state index contributed by atoms with van der Waals surface area (Å²) in [4.78, 5) is 14.1. The van der Waals surface area contributed by atoms with Gasteiger partial charge >= 0.3 is 0 Å². The highest BCUT2D eigenvalue weighted by atomic mass is 35.5. The lowest BCUT2D eigenvalue weighted by Crippen LogP contribution is -2.38. The summed E-state index contributed by atoms with van der Waals surface area (Å²) in [5.74, 6) is 1.45. The molecule has 0 aromatic heterocycles. The standard InChI is InChI=1S/C16H22ClNO3S/c1-3-18(10-14-8-9-15(17)22-14)16(19)11-21-13-6-4-12(20-2)5-7-13/h4-7,14-15H,3,8-11H2,1-2H3. The number of rotatable bonds is 7. The number of halogens is 1. The van der Waals surface area contributed by atoms with Gasteiger partial charge in [-0.15, -0.1) is 23.4 Å². The van der Waals surface area contributed by atoms with Gasteiger partial charge in [-0.05, 0) is 44.0 Å². The first-order valence-electron chi connectivity index (χ1n) is 7.46. The second kappa shape index (κ2) is 8.53. The van der Waals surface area contributed by atoms with E-state index in [1.165, 1.54) is 0 Å². The van der Waals surface area contributed by atoms with E-state index in [-0.39, 0.29) is 17.2 Å². The average molecular weight is 344 g/mol. The molecule has 0 bridgehead atoms. The number of benzene rings is 1. The summed E-state index contributed by atoms with van der Waals surface area (Å²) in [7, 11) is 1.62. The minimum atomic E-state index is 0.0111. The molecule has 122 valence electrons. The first-order valence-corrected chi connectivity index (χ1v) is 8.84. The quantitative estimate of drug-likeness (QED) is 0.711. The van der Waals surface area contributed by atoms with Gasteiger partial charge in [0.2, 0.25) is 0 Å². The van der Waals surface area contributed by atoms with Crippen molar-refractivity contribution in [3.63, 3.8) is 0 Å². The van der Waals surface area contributed by atoms with Gasteiger partial charge in [-0.25, -0.2) is 0 Å². The maximum atomic E-state index is 12.3. The lowest BCUT2D eigenvalue weighted by atomic mass is 10.2. The molecule has 0 aliphatic carbocycles. The summed E-state index contributed by atoms with van der Waals surface area (Å²) in [5, 5.41) is 0.437. The fourth-order valence-electron chi connectivity index (χ4n) is 2.36. The van der Waals surface area contributed by atoms with E-state index in [1.807, 2.05) is 24.0 Å². The molecule has 6 heteroatoms. The Morgan fingerprint density at radius 3 is 2.55 bits per heavy atom. The monoisotopic (exact) mass is 343 g/mol. The van der Waals surface area contributed by atoms with E-state index in [9.17, 15) is 4.79 Å². The number of hydrogen-bond acceptors (Lipinski definition) is 4. The van der Waals surface area contributed by atoms with Crippen molar-refractivity contribution in [2.45, 2.75) is 29.7 Å². The molecule has 1 amide bonds. The van der Waals surface area contributed by atoms with E-state index in [1.54, 1.807) is 31.0 Å². The van der Waals surface area contributed by atoms with Crippen LogP contribution in [0.3, 0.4) is 0 Å². The molecule has 1 saturated heterocycles. The lowest BCUT2D eigenvalue weighted by molar-refractivity contribution is -0.133. The third-order valence-corrected chi connectivity index (χ3v) is 5.46. The maximum Gasteiger partial charge on any atom is 0.260 e. The van der Waals surface area contributed by atoms with E-state index >= 15 is 0 Å². The molecule has 0 N–H and O–H groups in total. The van der Waals surface area contributed by atoms with Gasteiger partial charge in [-0.1, -0.05) is 0 Å². The number of amides is 1. The number of ether oxygens (including phenoxy) is 2. The maximum absolute atomic E-state index is 12.3. The van der Waals surface area contributed by atoms with Gasteiger partial charge in [0.25, 0.3) is 5.91 Å². The molecule has 1 heterocycles. The number of likely N-dealkylation sites (N-methyl/N-ethyl adjacent to an activating group) is 1. The van der Waals surface area contributed by atoms with Crippen LogP contribution >= 0.6 is 23.4 Å². The number of nitrogens with zero attached hydrogens (tertiary/aromatic N) is 1. The van der Waals surface area contributed by atoms with Gasteiger partial charge in [0.05, 0.1) is 11.8 Å². The third-order valence-electron chi connectivity index (χ3n) is 3.64. The van der Waals surface area contributed by atoms with Gasteiger partial charge in [0.15, 0.2) is 6.61 Å². The van der Waals surface area contributed by atoms with Crippen LogP contribution in [0.4, 0.5) is 0 Å². The zero-order valence-electron chi connectivity index (χ0n) is 13.0. The molecular weight excluding hydrogens is 322 g/mol. The summed E-state index contributed by atoms with van der Waals surface area (Å²) < 4.78 is 10.8. The summed E-state index contributed by atoms with van der Waals surface area (Å²) in [6.07, 6.45) is 2.09. The predicted octanol–water partition coefficient (Wildman–Crippen LogP) is 3.38. The molecule has 1 fully saturated rings. The molecular formula is C16H22ClNO3S. The molecule has 4 nitrogen and oxygen atoms in total. The van der Waals surface area contributed by atoms with Crippen molar-refractivity contribution in [1.29, 1.82) is 0 Å². The molecule has 2 unspecified atom stereocenters. The first-order chi connectivity index (χ1) is 10.6. The largest absolute Gasteiger partial charge is 0.497 e. The van der Waals surface area contributed by atoms with Crippen LogP contribution in [0.2, 0.25) is 0 Å². The Morgan fingerprint density at radius 1 is 1.32 bits per heavy atom. The van der Waals surface area contributed by atoms with Crippen LogP contribution in [0, 0.1) is 0 Å². The predicted molar refractivity (Wildman–Crippen MR) is 91.0 cm³/mol. The van der Waals surface area contributed by atoms with Crippen LogP contribution in [0.25, 0.3) is 0 Å². The number of thioether (sulfide) groups is 1. The van der Waals surface area contributed by atoms with Crippen LogP contribution in [-0.4, -0.2) is 47.6 Å². The van der Waals surface area contributed by atoms with Crippen molar-refractivity contribution in [3.8, 4) is 11.5 Å². The number of carbonyl (C=O) groups excluding carboxylic acids is 1. The molecule has 1 aliphatic heterocycles. The summed E-state index contributed by atoms with van der Waals surface area (Å²) in [6.45, 7) is 3.48. The Labute approximate surface area is 141 Å². The Hall–Kier alpha value is -1.07. The second-order valence-corrected chi connectivity index (χ2v) is 7.44. The van der Waals surface area contributed by atoms with Gasteiger partial charge in [-0.3, -0.25) is 4.79 Å². The van der Waals surface area contributed by atoms with Gasteiger partial charge in [0.1, 0.15) is 11.5 Å². The number of hydrogen-bond donors (Lipinski definition) is 0. The molecule has 2 rings (SSSR count). The van der Waals surface area contributed by atoms with Gasteiger partial charge < -0.3 is 14.4 Å². The zero-order chi connectivity index (χ0) is 15.9. The number of alkyl halides is 1. The normalized spacial score (nSPS) is 20.7. The molecule has 1 aliphatic rings. The Balaban J connectivity index is 1.80. The molecule has 22 heavy (non-hydrogen) atoms. The average Bonchev–Trinajstić information content (AvgIpc) is 2.96. The van der Waals surface area contributed by atoms with E-state index in [0.29, 0.717) is 17.5 Å². The molecule has 1 aromatic carbocycles. The molecule has 0 saturated carbocycles. The van der Waals surface area contributed by atoms with Crippen molar-refractivity contribution in [2.75, 3.05) is 26.8 Å². The highest BCUT2D eigenvalue weighted by molar-refractivity contribution is 8.01. The summed E-state index contributed by atoms with van der Waals surface area (Å²) >= 11 is 7.87. The molecule has 0 spiro atoms. The van der Waals surface area contributed by atoms with Crippen molar-refractivity contribution in [3.05, 3.63) is 24.3 Å². The van der Waals surface area contributed by atoms with E-state index in [4.69, 9.17) is 21.1 Å². The third kappa shape index (κ3) is 4.99. The minimum absolute atomic E-state index is 0.0111. The highest BCUT2D eigenvalue weighted by Gasteiger charge is 2.26. The van der Waals surface area contributed by atoms with Crippen molar-refractivity contribution in [1.82, 2.24) is 4.90 Å². The van der Waals surface area contributed by atoms with Crippen LogP contribution in [-0.2, 0) is 4.79 Å². The molecule has 1 aromatic rings. The molecule has 2 atom stereocenters. The SMILES string of the molecule is CCN(CC1CCC(Cl)S1)C(=O)COc1ccc(OC)cc1. The Kier molecular flexibility index (Phi) is 6.70. The van der Waals surface area contributed by atoms with E-state index in [0.717, 1.165) is 25.1 Å². The van der Waals surface area contributed by atoms with Crippen molar-refractivity contribution in [2.24, 2.45) is 0 Å². The Morgan fingerprint density at radius 2 is 2.00 bits per heavy atom. The smallest absolute Gasteiger partial charge is 0.260 e. The fourth-order valence-corrected chi connectivity index (χ4v) is 4.15. The van der Waals surface area contributed by atoms with E-state index in [2.05, 4.69) is 0 Å². The number of methoxy groups -OCH3 is 1. The first kappa shape index (κ1) is 17.3. The summed E-state index contributed by atoms with van der Waals surface area (Å²) in [5.41, 5.74) is 0. The van der Waals surface area contributed by atoms with Crippen molar-refractivity contribution < 1.29 is 14.3 Å². The van der Waals surface area contributed by atoms with Crippen LogP contribution in [0.5, 0.6) is 11.5 Å². The van der Waals surface area contributed by atoms with E-state index < -0.39 is 0 Å². The van der Waals surface area contributed by atoms with Crippen LogP contribution in [0.15, 0.2) is 24.3 Å². The van der Waals surface area contributed by atoms with Crippen molar-refractivity contribution >= 4 is 29.3 Å². The minimum Gasteiger partial charge on any atom is -0.497 e. The lowest BCUT2D eigenvalue weighted by Gasteiger charge is -2.24.